The molecule has 0 amide bonds. The Morgan fingerprint density at radius 3 is 2.17 bits per heavy atom. The Balaban J connectivity index is 1.64. The molecule has 0 radical (unpaired) electrons. The molecule has 0 N–H and O–H groups in total. The molecule has 0 saturated heterocycles. The summed E-state index contributed by atoms with van der Waals surface area (Å²) in [5.41, 5.74) is 2.13. The lowest BCUT2D eigenvalue weighted by Crippen LogP contribution is -2.16. The van der Waals surface area contributed by atoms with Crippen molar-refractivity contribution in [2.24, 2.45) is 0 Å². The first-order chi connectivity index (χ1) is 14.0. The van der Waals surface area contributed by atoms with E-state index >= 15 is 0 Å². The van der Waals surface area contributed by atoms with Crippen LogP contribution in [0, 0.1) is 6.92 Å². The van der Waals surface area contributed by atoms with Crippen molar-refractivity contribution in [2.75, 3.05) is 13.7 Å². The molecule has 0 fully saturated rings. The number of ketones is 1. The average Bonchev–Trinajstić information content (AvgIpc) is 2.77. The van der Waals surface area contributed by atoms with E-state index in [-0.39, 0.29) is 5.56 Å². The van der Waals surface area contributed by atoms with Crippen molar-refractivity contribution >= 4 is 17.7 Å². The van der Waals surface area contributed by atoms with E-state index in [1.165, 1.54) is 37.6 Å². The fraction of sp³-hybridized carbons (Fsp3) is 0.136. The maximum Gasteiger partial charge on any atom is 0.342 e. The highest BCUT2D eigenvalue weighted by Gasteiger charge is 2.16. The number of aryl methyl sites for hydroxylation is 1. The number of hydrogen-bond donors (Lipinski definition) is 0. The number of aromatic nitrogens is 2. The number of benzene rings is 2. The van der Waals surface area contributed by atoms with Crippen molar-refractivity contribution in [2.45, 2.75) is 6.92 Å². The Labute approximate surface area is 167 Å². The Bertz CT molecular complexity index is 1050. The summed E-state index contributed by atoms with van der Waals surface area (Å²) < 4.78 is 9.72. The van der Waals surface area contributed by atoms with Crippen LogP contribution in [0.2, 0.25) is 0 Å². The van der Waals surface area contributed by atoms with Gasteiger partial charge in [-0.25, -0.2) is 19.6 Å². The van der Waals surface area contributed by atoms with E-state index in [0.717, 1.165) is 5.56 Å². The van der Waals surface area contributed by atoms with Crippen molar-refractivity contribution in [1.29, 1.82) is 0 Å². The minimum Gasteiger partial charge on any atom is -0.465 e. The highest BCUT2D eigenvalue weighted by Crippen LogP contribution is 2.16. The molecule has 29 heavy (non-hydrogen) atoms. The molecule has 0 unspecified atom stereocenters. The monoisotopic (exact) mass is 390 g/mol. The molecule has 7 heteroatoms. The number of hydrogen-bond acceptors (Lipinski definition) is 7. The van der Waals surface area contributed by atoms with Crippen molar-refractivity contribution in [1.82, 2.24) is 9.97 Å². The predicted molar refractivity (Wildman–Crippen MR) is 105 cm³/mol. The zero-order chi connectivity index (χ0) is 20.8. The van der Waals surface area contributed by atoms with Crippen LogP contribution in [0.3, 0.4) is 0 Å². The molecular formula is C22H18N2O5. The second-order valence-corrected chi connectivity index (χ2v) is 6.13. The van der Waals surface area contributed by atoms with Crippen LogP contribution in [-0.2, 0) is 9.47 Å². The number of Topliss-reactive ketones (excluding diaryl/α,β-unsaturated/α-hetero) is 1. The number of rotatable bonds is 6. The van der Waals surface area contributed by atoms with Crippen LogP contribution in [-0.4, -0.2) is 41.4 Å². The molecule has 2 aromatic carbocycles. The zero-order valence-electron chi connectivity index (χ0n) is 15.9. The molecule has 0 saturated carbocycles. The number of methoxy groups -OCH3 is 1. The molecular weight excluding hydrogens is 372 g/mol. The first kappa shape index (κ1) is 19.9. The topological polar surface area (TPSA) is 95.5 Å². The van der Waals surface area contributed by atoms with E-state index in [4.69, 9.17) is 4.74 Å². The predicted octanol–water partition coefficient (Wildman–Crippen LogP) is 3.28. The number of carbonyl (C=O) groups excluding carboxylic acids is 3. The third kappa shape index (κ3) is 4.70. The normalized spacial score (nSPS) is 10.3. The maximum absolute atomic E-state index is 12.3. The highest BCUT2D eigenvalue weighted by atomic mass is 16.5. The molecule has 0 atom stereocenters. The third-order valence-electron chi connectivity index (χ3n) is 4.19. The van der Waals surface area contributed by atoms with Gasteiger partial charge < -0.3 is 9.47 Å². The first-order valence-electron chi connectivity index (χ1n) is 8.77. The smallest absolute Gasteiger partial charge is 0.342 e. The first-order valence-corrected chi connectivity index (χ1v) is 8.77. The molecule has 7 nitrogen and oxygen atoms in total. The molecule has 1 heterocycles. The Kier molecular flexibility index (Phi) is 6.09. The van der Waals surface area contributed by atoms with Gasteiger partial charge in [-0.2, -0.15) is 0 Å². The van der Waals surface area contributed by atoms with E-state index in [0.29, 0.717) is 22.6 Å². The average molecular weight is 390 g/mol. The molecule has 0 aliphatic rings. The molecule has 3 rings (SSSR count). The van der Waals surface area contributed by atoms with Gasteiger partial charge >= 0.3 is 11.9 Å². The van der Waals surface area contributed by atoms with Gasteiger partial charge in [0.2, 0.25) is 0 Å². The Morgan fingerprint density at radius 2 is 1.55 bits per heavy atom. The second-order valence-electron chi connectivity index (χ2n) is 6.13. The minimum atomic E-state index is -0.679. The van der Waals surface area contributed by atoms with Gasteiger partial charge in [-0.05, 0) is 19.1 Å². The summed E-state index contributed by atoms with van der Waals surface area (Å²) in [5, 5.41) is 0. The van der Waals surface area contributed by atoms with Gasteiger partial charge in [-0.3, -0.25) is 4.79 Å². The van der Waals surface area contributed by atoms with Crippen LogP contribution in [0.1, 0.15) is 36.8 Å². The summed E-state index contributed by atoms with van der Waals surface area (Å²) in [4.78, 5) is 44.5. The fourth-order valence-electron chi connectivity index (χ4n) is 2.60. The zero-order valence-corrected chi connectivity index (χ0v) is 15.9. The van der Waals surface area contributed by atoms with E-state index in [9.17, 15) is 14.4 Å². The van der Waals surface area contributed by atoms with Crippen molar-refractivity contribution in [3.05, 3.63) is 83.2 Å². The molecule has 0 aliphatic carbocycles. The standard InChI is InChI=1S/C22H18N2O5/c1-14-18(12-23-20(24-14)16-6-4-3-5-7-16)22(27)29-13-19(25)15-8-10-17(11-9-15)21(26)28-2/h3-12H,13H2,1-2H3. The number of nitrogens with zero attached hydrogens (tertiary/aromatic N) is 2. The summed E-state index contributed by atoms with van der Waals surface area (Å²) in [6.45, 7) is 1.24. The summed E-state index contributed by atoms with van der Waals surface area (Å²) in [5.74, 6) is -1.07. The lowest BCUT2D eigenvalue weighted by atomic mass is 10.1. The van der Waals surface area contributed by atoms with Gasteiger partial charge in [0, 0.05) is 17.3 Å². The molecule has 3 aromatic rings. The molecule has 0 aliphatic heterocycles. The van der Waals surface area contributed by atoms with E-state index in [1.807, 2.05) is 30.3 Å². The SMILES string of the molecule is COC(=O)c1ccc(C(=O)COC(=O)c2cnc(-c3ccccc3)nc2C)cc1. The van der Waals surface area contributed by atoms with Gasteiger partial charge in [-0.1, -0.05) is 42.5 Å². The van der Waals surface area contributed by atoms with Gasteiger partial charge in [0.25, 0.3) is 0 Å². The summed E-state index contributed by atoms with van der Waals surface area (Å²) in [7, 11) is 1.28. The summed E-state index contributed by atoms with van der Waals surface area (Å²) in [6.07, 6.45) is 1.39. The van der Waals surface area contributed by atoms with Crippen LogP contribution in [0.4, 0.5) is 0 Å². The van der Waals surface area contributed by atoms with Crippen LogP contribution >= 0.6 is 0 Å². The van der Waals surface area contributed by atoms with Gasteiger partial charge in [0.1, 0.15) is 0 Å². The van der Waals surface area contributed by atoms with Gasteiger partial charge in [0.05, 0.1) is 23.9 Å². The molecule has 1 aromatic heterocycles. The molecule has 0 bridgehead atoms. The maximum atomic E-state index is 12.3. The summed E-state index contributed by atoms with van der Waals surface area (Å²) in [6, 6.07) is 15.3. The van der Waals surface area contributed by atoms with Crippen LogP contribution in [0.25, 0.3) is 11.4 Å². The van der Waals surface area contributed by atoms with Gasteiger partial charge in [-0.15, -0.1) is 0 Å². The number of carbonyl (C=O) groups is 3. The highest BCUT2D eigenvalue weighted by molar-refractivity contribution is 6.00. The van der Waals surface area contributed by atoms with Crippen molar-refractivity contribution < 1.29 is 23.9 Å². The van der Waals surface area contributed by atoms with Crippen molar-refractivity contribution in [3.8, 4) is 11.4 Å². The van der Waals surface area contributed by atoms with E-state index in [2.05, 4.69) is 14.7 Å². The fourth-order valence-corrected chi connectivity index (χ4v) is 2.60. The van der Waals surface area contributed by atoms with Crippen LogP contribution < -0.4 is 0 Å². The third-order valence-corrected chi connectivity index (χ3v) is 4.19. The lowest BCUT2D eigenvalue weighted by molar-refractivity contribution is 0.0473. The molecule has 146 valence electrons. The van der Waals surface area contributed by atoms with Gasteiger partial charge in [0.15, 0.2) is 18.2 Å². The van der Waals surface area contributed by atoms with Crippen LogP contribution in [0.15, 0.2) is 60.8 Å². The van der Waals surface area contributed by atoms with Crippen LogP contribution in [0.5, 0.6) is 0 Å². The van der Waals surface area contributed by atoms with E-state index in [1.54, 1.807) is 6.92 Å². The summed E-state index contributed by atoms with van der Waals surface area (Å²) >= 11 is 0. The number of ether oxygens (including phenoxy) is 2. The largest absolute Gasteiger partial charge is 0.465 e. The minimum absolute atomic E-state index is 0.193. The van der Waals surface area contributed by atoms with Crippen molar-refractivity contribution in [3.63, 3.8) is 0 Å². The van der Waals surface area contributed by atoms with E-state index < -0.39 is 24.3 Å². The second kappa shape index (κ2) is 8.88. The number of esters is 2. The Morgan fingerprint density at radius 1 is 0.897 bits per heavy atom. The Hall–Kier alpha value is -3.87. The quantitative estimate of drug-likeness (QED) is 0.471. The lowest BCUT2D eigenvalue weighted by Gasteiger charge is -2.08. The molecule has 0 spiro atoms.